The first-order valence-corrected chi connectivity index (χ1v) is 5.36. The van der Waals surface area contributed by atoms with E-state index in [2.05, 4.69) is 39.0 Å². The summed E-state index contributed by atoms with van der Waals surface area (Å²) in [7, 11) is 1.73. The number of hydrogen-bond donors (Lipinski definition) is 0. The van der Waals surface area contributed by atoms with Crippen molar-refractivity contribution in [2.24, 2.45) is 0 Å². The minimum atomic E-state index is 0.670. The molecule has 0 aromatic heterocycles. The summed E-state index contributed by atoms with van der Waals surface area (Å²) in [5.41, 5.74) is 2.69. The predicted molar refractivity (Wildman–Crippen MR) is 61.1 cm³/mol. The molecule has 1 aromatic carbocycles. The van der Waals surface area contributed by atoms with Crippen molar-refractivity contribution in [1.82, 2.24) is 0 Å². The number of aryl methyl sites for hydroxylation is 1. The Hall–Kier alpha value is -0.980. The summed E-state index contributed by atoms with van der Waals surface area (Å²) >= 11 is 0. The molecule has 0 saturated heterocycles. The molecule has 0 saturated carbocycles. The van der Waals surface area contributed by atoms with E-state index < -0.39 is 0 Å². The van der Waals surface area contributed by atoms with Gasteiger partial charge in [0.1, 0.15) is 5.75 Å². The van der Waals surface area contributed by atoms with E-state index in [0.717, 1.165) is 5.75 Å². The number of hydrogen-bond acceptors (Lipinski definition) is 1. The van der Waals surface area contributed by atoms with Crippen LogP contribution in [0.5, 0.6) is 5.75 Å². The highest BCUT2D eigenvalue weighted by molar-refractivity contribution is 5.35. The maximum atomic E-state index is 5.27. The molecular formula is C13H20O. The number of methoxy groups -OCH3 is 1. The third kappa shape index (κ3) is 2.50. The Morgan fingerprint density at radius 3 is 2.29 bits per heavy atom. The molecule has 78 valence electrons. The molecule has 14 heavy (non-hydrogen) atoms. The number of benzene rings is 1. The van der Waals surface area contributed by atoms with Crippen LogP contribution in [0, 0.1) is 6.92 Å². The fourth-order valence-corrected chi connectivity index (χ4v) is 1.89. The van der Waals surface area contributed by atoms with E-state index in [1.54, 1.807) is 7.11 Å². The largest absolute Gasteiger partial charge is 0.497 e. The van der Waals surface area contributed by atoms with Crippen LogP contribution in [-0.4, -0.2) is 7.11 Å². The van der Waals surface area contributed by atoms with Gasteiger partial charge in [-0.3, -0.25) is 0 Å². The molecule has 0 fully saturated rings. The average Bonchev–Trinajstić information content (AvgIpc) is 2.19. The van der Waals surface area contributed by atoms with Crippen LogP contribution in [0.4, 0.5) is 0 Å². The van der Waals surface area contributed by atoms with Gasteiger partial charge < -0.3 is 4.74 Å². The second-order valence-electron chi connectivity index (χ2n) is 3.80. The molecule has 1 nitrogen and oxygen atoms in total. The van der Waals surface area contributed by atoms with Gasteiger partial charge in [-0.1, -0.05) is 19.9 Å². The first kappa shape index (κ1) is 11.1. The van der Waals surface area contributed by atoms with E-state index in [-0.39, 0.29) is 0 Å². The molecule has 0 bridgehead atoms. The van der Waals surface area contributed by atoms with Gasteiger partial charge in [0.15, 0.2) is 0 Å². The van der Waals surface area contributed by atoms with Gasteiger partial charge in [-0.25, -0.2) is 0 Å². The fourth-order valence-electron chi connectivity index (χ4n) is 1.89. The van der Waals surface area contributed by atoms with Crippen LogP contribution >= 0.6 is 0 Å². The molecule has 0 aliphatic rings. The average molecular weight is 192 g/mol. The van der Waals surface area contributed by atoms with Crippen molar-refractivity contribution in [3.8, 4) is 5.75 Å². The molecule has 0 unspecified atom stereocenters. The number of ether oxygens (including phenoxy) is 1. The third-order valence-electron chi connectivity index (χ3n) is 2.77. The second-order valence-corrected chi connectivity index (χ2v) is 3.80. The molecular weight excluding hydrogens is 172 g/mol. The lowest BCUT2D eigenvalue weighted by molar-refractivity contribution is 0.413. The summed E-state index contributed by atoms with van der Waals surface area (Å²) in [6.07, 6.45) is 2.40. The van der Waals surface area contributed by atoms with Crippen LogP contribution in [0.1, 0.15) is 43.7 Å². The molecule has 0 spiro atoms. The lowest BCUT2D eigenvalue weighted by Crippen LogP contribution is -1.97. The van der Waals surface area contributed by atoms with Crippen molar-refractivity contribution in [1.29, 1.82) is 0 Å². The summed E-state index contributed by atoms with van der Waals surface area (Å²) in [6.45, 7) is 6.60. The molecule has 0 aliphatic heterocycles. The first-order valence-electron chi connectivity index (χ1n) is 5.36. The van der Waals surface area contributed by atoms with Gasteiger partial charge in [-0.15, -0.1) is 0 Å². The van der Waals surface area contributed by atoms with Gasteiger partial charge in [0.2, 0.25) is 0 Å². The summed E-state index contributed by atoms with van der Waals surface area (Å²) in [4.78, 5) is 0. The van der Waals surface area contributed by atoms with Crippen LogP contribution in [0.15, 0.2) is 18.2 Å². The Labute approximate surface area is 87.1 Å². The van der Waals surface area contributed by atoms with Crippen molar-refractivity contribution < 1.29 is 4.74 Å². The quantitative estimate of drug-likeness (QED) is 0.703. The molecule has 1 heteroatoms. The van der Waals surface area contributed by atoms with Gasteiger partial charge in [-0.05, 0) is 48.9 Å². The molecule has 0 N–H and O–H groups in total. The monoisotopic (exact) mass is 192 g/mol. The van der Waals surface area contributed by atoms with Crippen molar-refractivity contribution in [3.63, 3.8) is 0 Å². The lowest BCUT2D eigenvalue weighted by atomic mass is 9.93. The van der Waals surface area contributed by atoms with E-state index in [9.17, 15) is 0 Å². The molecule has 0 atom stereocenters. The molecule has 1 aromatic rings. The van der Waals surface area contributed by atoms with Crippen molar-refractivity contribution in [2.45, 2.75) is 39.5 Å². The zero-order chi connectivity index (χ0) is 10.6. The zero-order valence-corrected chi connectivity index (χ0v) is 9.63. The lowest BCUT2D eigenvalue weighted by Gasteiger charge is -2.14. The first-order chi connectivity index (χ1) is 6.71. The van der Waals surface area contributed by atoms with Crippen LogP contribution in [-0.2, 0) is 0 Å². The van der Waals surface area contributed by atoms with Crippen LogP contribution in [0.25, 0.3) is 0 Å². The minimum absolute atomic E-state index is 0.670. The van der Waals surface area contributed by atoms with Crippen molar-refractivity contribution in [3.05, 3.63) is 29.3 Å². The highest BCUT2D eigenvalue weighted by Gasteiger charge is 2.08. The van der Waals surface area contributed by atoms with E-state index in [0.29, 0.717) is 5.92 Å². The third-order valence-corrected chi connectivity index (χ3v) is 2.77. The molecule has 0 radical (unpaired) electrons. The Bertz CT molecular complexity index is 287. The van der Waals surface area contributed by atoms with E-state index in [4.69, 9.17) is 4.74 Å². The highest BCUT2D eigenvalue weighted by Crippen LogP contribution is 2.27. The van der Waals surface area contributed by atoms with E-state index in [1.807, 2.05) is 0 Å². The van der Waals surface area contributed by atoms with Crippen LogP contribution < -0.4 is 4.74 Å². The molecule has 0 amide bonds. The molecule has 0 heterocycles. The SMILES string of the molecule is CCC(CC)c1cc(C)cc(OC)c1. The highest BCUT2D eigenvalue weighted by atomic mass is 16.5. The fraction of sp³-hybridized carbons (Fsp3) is 0.538. The maximum absolute atomic E-state index is 5.27. The second kappa shape index (κ2) is 5.04. The zero-order valence-electron chi connectivity index (χ0n) is 9.63. The summed E-state index contributed by atoms with van der Waals surface area (Å²) in [5, 5.41) is 0. The topological polar surface area (TPSA) is 9.23 Å². The smallest absolute Gasteiger partial charge is 0.119 e. The summed E-state index contributed by atoms with van der Waals surface area (Å²) in [5.74, 6) is 1.65. The Morgan fingerprint density at radius 2 is 1.79 bits per heavy atom. The minimum Gasteiger partial charge on any atom is -0.497 e. The summed E-state index contributed by atoms with van der Waals surface area (Å²) in [6, 6.07) is 6.50. The van der Waals surface area contributed by atoms with Crippen LogP contribution in [0.2, 0.25) is 0 Å². The maximum Gasteiger partial charge on any atom is 0.119 e. The van der Waals surface area contributed by atoms with Crippen LogP contribution in [0.3, 0.4) is 0 Å². The van der Waals surface area contributed by atoms with Gasteiger partial charge in [0.25, 0.3) is 0 Å². The van der Waals surface area contributed by atoms with E-state index >= 15 is 0 Å². The van der Waals surface area contributed by atoms with E-state index in [1.165, 1.54) is 24.0 Å². The van der Waals surface area contributed by atoms with Crippen molar-refractivity contribution >= 4 is 0 Å². The van der Waals surface area contributed by atoms with Crippen molar-refractivity contribution in [2.75, 3.05) is 7.11 Å². The van der Waals surface area contributed by atoms with Gasteiger partial charge in [-0.2, -0.15) is 0 Å². The standard InChI is InChI=1S/C13H20O/c1-5-11(6-2)12-7-10(3)8-13(9-12)14-4/h7-9,11H,5-6H2,1-4H3. The van der Waals surface area contributed by atoms with Gasteiger partial charge in [0, 0.05) is 0 Å². The predicted octanol–water partition coefficient (Wildman–Crippen LogP) is 3.91. The Balaban J connectivity index is 3.01. The van der Waals surface area contributed by atoms with Gasteiger partial charge in [0.05, 0.1) is 7.11 Å². The van der Waals surface area contributed by atoms with Gasteiger partial charge >= 0.3 is 0 Å². The Kier molecular flexibility index (Phi) is 3.99. The normalized spacial score (nSPS) is 10.6. The molecule has 0 aliphatic carbocycles. The Morgan fingerprint density at radius 1 is 1.14 bits per heavy atom. The molecule has 1 rings (SSSR count). The number of rotatable bonds is 4. The summed E-state index contributed by atoms with van der Waals surface area (Å²) < 4.78 is 5.27.